The minimum absolute atomic E-state index is 0.113. The quantitative estimate of drug-likeness (QED) is 0.627. The number of piperidine rings is 1. The van der Waals surface area contributed by atoms with Gasteiger partial charge in [0.15, 0.2) is 0 Å². The van der Waals surface area contributed by atoms with E-state index in [1.54, 1.807) is 31.3 Å². The monoisotopic (exact) mass is 484 g/mol. The number of rotatable bonds is 7. The van der Waals surface area contributed by atoms with Gasteiger partial charge >= 0.3 is 6.09 Å². The highest BCUT2D eigenvalue weighted by Crippen LogP contribution is 2.38. The van der Waals surface area contributed by atoms with Crippen LogP contribution in [-0.4, -0.2) is 71.4 Å². The van der Waals surface area contributed by atoms with Crippen LogP contribution in [0.4, 0.5) is 4.79 Å². The zero-order valence-electron chi connectivity index (χ0n) is 18.6. The van der Waals surface area contributed by atoms with Gasteiger partial charge in [0.1, 0.15) is 23.8 Å². The summed E-state index contributed by atoms with van der Waals surface area (Å²) in [5, 5.41) is 17.9. The number of fused-ring (bicyclic) bond motifs is 1. The van der Waals surface area contributed by atoms with Crippen molar-refractivity contribution in [1.82, 2.24) is 15.2 Å². The molecule has 178 valence electrons. The number of ether oxygens (including phenoxy) is 1. The number of halogens is 1. The average Bonchev–Trinajstić information content (AvgIpc) is 3.07. The van der Waals surface area contributed by atoms with E-state index in [1.807, 2.05) is 30.3 Å². The SMILES string of the molecule is CN1N=C2CCN(C(=O)[C@@H](COc3ccc(Cl)cc3)NC(=O)O)C[C@@]2(Cc2ccccc2)C1=O. The topological polar surface area (TPSA) is 112 Å². The largest absolute Gasteiger partial charge is 0.491 e. The van der Waals surface area contributed by atoms with E-state index in [4.69, 9.17) is 16.3 Å². The van der Waals surface area contributed by atoms with Gasteiger partial charge in [-0.1, -0.05) is 41.9 Å². The van der Waals surface area contributed by atoms with Crippen LogP contribution in [-0.2, 0) is 16.0 Å². The number of amides is 3. The summed E-state index contributed by atoms with van der Waals surface area (Å²) in [4.78, 5) is 39.6. The molecule has 1 saturated heterocycles. The van der Waals surface area contributed by atoms with Gasteiger partial charge in [-0.15, -0.1) is 0 Å². The lowest BCUT2D eigenvalue weighted by Crippen LogP contribution is -2.59. The smallest absolute Gasteiger partial charge is 0.405 e. The average molecular weight is 485 g/mol. The van der Waals surface area contributed by atoms with Gasteiger partial charge in [-0.05, 0) is 36.2 Å². The second-order valence-corrected chi connectivity index (χ2v) is 8.83. The van der Waals surface area contributed by atoms with Gasteiger partial charge in [0.05, 0.1) is 5.71 Å². The Hall–Kier alpha value is -3.59. The minimum atomic E-state index is -1.34. The highest BCUT2D eigenvalue weighted by atomic mass is 35.5. The van der Waals surface area contributed by atoms with Crippen LogP contribution in [0.25, 0.3) is 0 Å². The Morgan fingerprint density at radius 2 is 1.91 bits per heavy atom. The van der Waals surface area contributed by atoms with Crippen LogP contribution in [0.15, 0.2) is 59.7 Å². The number of benzene rings is 2. The Morgan fingerprint density at radius 1 is 1.21 bits per heavy atom. The molecule has 1 fully saturated rings. The number of likely N-dealkylation sites (tertiary alicyclic amines) is 1. The van der Waals surface area contributed by atoms with Crippen LogP contribution in [0.5, 0.6) is 5.75 Å². The molecule has 0 saturated carbocycles. The van der Waals surface area contributed by atoms with Crippen molar-refractivity contribution in [2.75, 3.05) is 26.7 Å². The first-order chi connectivity index (χ1) is 16.3. The highest BCUT2D eigenvalue weighted by Gasteiger charge is 2.53. The zero-order valence-corrected chi connectivity index (χ0v) is 19.4. The molecule has 3 amide bonds. The first-order valence-electron chi connectivity index (χ1n) is 10.9. The Balaban J connectivity index is 1.54. The number of hydrogen-bond acceptors (Lipinski definition) is 5. The van der Waals surface area contributed by atoms with E-state index >= 15 is 0 Å². The molecule has 2 aliphatic heterocycles. The molecule has 2 aliphatic rings. The van der Waals surface area contributed by atoms with Crippen LogP contribution in [0.1, 0.15) is 12.0 Å². The van der Waals surface area contributed by atoms with Crippen LogP contribution in [0, 0.1) is 5.41 Å². The second kappa shape index (κ2) is 9.72. The number of carbonyl (C=O) groups is 3. The van der Waals surface area contributed by atoms with Gasteiger partial charge in [-0.3, -0.25) is 9.59 Å². The molecule has 0 unspecified atom stereocenters. The number of carboxylic acid groups (broad SMARTS) is 1. The van der Waals surface area contributed by atoms with E-state index in [2.05, 4.69) is 10.4 Å². The Bertz CT molecular complexity index is 1110. The van der Waals surface area contributed by atoms with E-state index in [0.29, 0.717) is 30.2 Å². The summed E-state index contributed by atoms with van der Waals surface area (Å²) < 4.78 is 5.65. The van der Waals surface area contributed by atoms with E-state index in [-0.39, 0.29) is 19.1 Å². The summed E-state index contributed by atoms with van der Waals surface area (Å²) in [7, 11) is 1.61. The number of nitrogens with zero attached hydrogens (tertiary/aromatic N) is 3. The molecule has 0 aromatic heterocycles. The third-order valence-corrected chi connectivity index (χ3v) is 6.34. The molecule has 0 radical (unpaired) electrons. The lowest BCUT2D eigenvalue weighted by molar-refractivity contribution is -0.141. The third kappa shape index (κ3) is 4.84. The zero-order chi connectivity index (χ0) is 24.3. The second-order valence-electron chi connectivity index (χ2n) is 8.40. The molecule has 4 rings (SSSR count). The molecular formula is C24H25ClN4O5. The molecule has 2 N–H and O–H groups in total. The predicted molar refractivity (Wildman–Crippen MR) is 126 cm³/mol. The van der Waals surface area contributed by atoms with Crippen LogP contribution >= 0.6 is 11.6 Å². The van der Waals surface area contributed by atoms with Crippen LogP contribution in [0.3, 0.4) is 0 Å². The summed E-state index contributed by atoms with van der Waals surface area (Å²) in [6, 6.07) is 15.0. The van der Waals surface area contributed by atoms with Crippen molar-refractivity contribution in [2.24, 2.45) is 10.5 Å². The summed E-state index contributed by atoms with van der Waals surface area (Å²) in [6.45, 7) is 0.235. The fourth-order valence-electron chi connectivity index (χ4n) is 4.47. The van der Waals surface area contributed by atoms with Crippen molar-refractivity contribution in [2.45, 2.75) is 18.9 Å². The molecule has 2 atom stereocenters. The van der Waals surface area contributed by atoms with E-state index in [9.17, 15) is 19.5 Å². The van der Waals surface area contributed by atoms with Gasteiger partial charge in [0.2, 0.25) is 5.91 Å². The van der Waals surface area contributed by atoms with Gasteiger partial charge in [0.25, 0.3) is 5.91 Å². The molecule has 0 bridgehead atoms. The van der Waals surface area contributed by atoms with Gasteiger partial charge in [-0.25, -0.2) is 9.80 Å². The maximum Gasteiger partial charge on any atom is 0.405 e. The van der Waals surface area contributed by atoms with E-state index in [1.165, 1.54) is 9.91 Å². The first-order valence-corrected chi connectivity index (χ1v) is 11.2. The molecule has 2 aromatic rings. The van der Waals surface area contributed by atoms with Crippen molar-refractivity contribution in [3.63, 3.8) is 0 Å². The maximum absolute atomic E-state index is 13.4. The van der Waals surface area contributed by atoms with E-state index < -0.39 is 23.5 Å². The molecular weight excluding hydrogens is 460 g/mol. The van der Waals surface area contributed by atoms with Gasteiger partial charge in [-0.2, -0.15) is 5.10 Å². The van der Waals surface area contributed by atoms with Crippen LogP contribution < -0.4 is 10.1 Å². The summed E-state index contributed by atoms with van der Waals surface area (Å²) in [6.07, 6.45) is -0.516. The summed E-state index contributed by atoms with van der Waals surface area (Å²) in [5.74, 6) is -0.176. The lowest BCUT2D eigenvalue weighted by Gasteiger charge is -2.40. The maximum atomic E-state index is 13.4. The fourth-order valence-corrected chi connectivity index (χ4v) is 4.60. The Labute approximate surface area is 201 Å². The predicted octanol–water partition coefficient (Wildman–Crippen LogP) is 2.64. The van der Waals surface area contributed by atoms with Crippen molar-refractivity contribution < 1.29 is 24.2 Å². The third-order valence-electron chi connectivity index (χ3n) is 6.09. The summed E-state index contributed by atoms with van der Waals surface area (Å²) >= 11 is 5.89. The van der Waals surface area contributed by atoms with Gasteiger partial charge in [0, 0.05) is 31.6 Å². The normalized spacial score (nSPS) is 20.4. The Kier molecular flexibility index (Phi) is 6.74. The molecule has 0 aliphatic carbocycles. The number of hydrazone groups is 1. The molecule has 0 spiro atoms. The van der Waals surface area contributed by atoms with E-state index in [0.717, 1.165) is 11.3 Å². The number of nitrogens with one attached hydrogen (secondary N) is 1. The van der Waals surface area contributed by atoms with Gasteiger partial charge < -0.3 is 20.1 Å². The molecule has 2 heterocycles. The first kappa shape index (κ1) is 23.6. The standard InChI is InChI=1S/C24H25ClN4O5/c1-28-22(31)24(13-16-5-3-2-4-6-16)15-29(12-11-20(24)27-28)21(30)19(26-23(32)33)14-34-18-9-7-17(25)8-10-18/h2-10,19,26H,11-15H2,1H3,(H,32,33)/t19-,24-/m1/s1. The highest BCUT2D eigenvalue weighted by molar-refractivity contribution is 6.30. The number of hydrogen-bond donors (Lipinski definition) is 2. The molecule has 34 heavy (non-hydrogen) atoms. The Morgan fingerprint density at radius 3 is 2.59 bits per heavy atom. The number of carbonyl (C=O) groups excluding carboxylic acids is 2. The van der Waals surface area contributed by atoms with Crippen molar-refractivity contribution in [1.29, 1.82) is 0 Å². The van der Waals surface area contributed by atoms with Crippen molar-refractivity contribution >= 4 is 35.2 Å². The van der Waals surface area contributed by atoms with Crippen molar-refractivity contribution in [3.05, 3.63) is 65.2 Å². The molecule has 9 nitrogen and oxygen atoms in total. The molecule has 2 aromatic carbocycles. The molecule has 10 heteroatoms. The van der Waals surface area contributed by atoms with Crippen molar-refractivity contribution in [3.8, 4) is 5.75 Å². The lowest BCUT2D eigenvalue weighted by atomic mass is 9.73. The minimum Gasteiger partial charge on any atom is -0.491 e. The fraction of sp³-hybridized carbons (Fsp3) is 0.333. The van der Waals surface area contributed by atoms with Crippen LogP contribution in [0.2, 0.25) is 5.02 Å². The summed E-state index contributed by atoms with van der Waals surface area (Å²) in [5.41, 5.74) is 0.724.